The standard InChI is InChI=1S/C28H30N4O/c29-26-10-11-30-28-27(26)25(18-32(28)23-14-21(15-23)17-31-12-5-13-31)22-8-4-9-24(16-22)33-19-20-6-2-1-3-7-20/h1-4,6-11,16,18,21,23H,5,12-15,17,19H2,(H2,29,30). The van der Waals surface area contributed by atoms with Crippen molar-refractivity contribution in [3.63, 3.8) is 0 Å². The van der Waals surface area contributed by atoms with Gasteiger partial charge >= 0.3 is 0 Å². The lowest BCUT2D eigenvalue weighted by Crippen LogP contribution is -2.43. The van der Waals surface area contributed by atoms with Crippen molar-refractivity contribution in [1.29, 1.82) is 0 Å². The fourth-order valence-corrected chi connectivity index (χ4v) is 5.20. The molecule has 2 aromatic carbocycles. The number of aromatic nitrogens is 2. The van der Waals surface area contributed by atoms with Gasteiger partial charge < -0.3 is 19.9 Å². The second-order valence-corrected chi connectivity index (χ2v) is 9.50. The van der Waals surface area contributed by atoms with Crippen LogP contribution >= 0.6 is 0 Å². The van der Waals surface area contributed by atoms with Crippen molar-refractivity contribution < 1.29 is 4.74 Å². The number of benzene rings is 2. The Kier molecular flexibility index (Phi) is 5.27. The largest absolute Gasteiger partial charge is 0.489 e. The Balaban J connectivity index is 1.27. The fourth-order valence-electron chi connectivity index (χ4n) is 5.20. The summed E-state index contributed by atoms with van der Waals surface area (Å²) >= 11 is 0. The first-order chi connectivity index (χ1) is 16.2. The van der Waals surface area contributed by atoms with Crippen LogP contribution in [0.15, 0.2) is 73.1 Å². The molecule has 1 saturated carbocycles. The Hall–Kier alpha value is -3.31. The van der Waals surface area contributed by atoms with Crippen molar-refractivity contribution >= 4 is 16.7 Å². The molecule has 1 aliphatic heterocycles. The van der Waals surface area contributed by atoms with E-state index < -0.39 is 0 Å². The summed E-state index contributed by atoms with van der Waals surface area (Å²) in [7, 11) is 0. The molecule has 2 aromatic heterocycles. The molecule has 0 bridgehead atoms. The van der Waals surface area contributed by atoms with Gasteiger partial charge in [-0.25, -0.2) is 4.98 Å². The van der Waals surface area contributed by atoms with E-state index in [4.69, 9.17) is 15.5 Å². The average molecular weight is 439 g/mol. The third-order valence-corrected chi connectivity index (χ3v) is 7.21. The van der Waals surface area contributed by atoms with Gasteiger partial charge in [-0.15, -0.1) is 0 Å². The van der Waals surface area contributed by atoms with Crippen LogP contribution in [0.4, 0.5) is 5.69 Å². The highest BCUT2D eigenvalue weighted by Crippen LogP contribution is 2.44. The molecule has 33 heavy (non-hydrogen) atoms. The van der Waals surface area contributed by atoms with E-state index in [1.54, 1.807) is 0 Å². The lowest BCUT2D eigenvalue weighted by Gasteiger charge is -2.42. The van der Waals surface area contributed by atoms with Gasteiger partial charge in [0.2, 0.25) is 0 Å². The first-order valence-electron chi connectivity index (χ1n) is 12.0. The quantitative estimate of drug-likeness (QED) is 0.413. The van der Waals surface area contributed by atoms with E-state index in [-0.39, 0.29) is 0 Å². The van der Waals surface area contributed by atoms with Crippen LogP contribution in [-0.4, -0.2) is 34.1 Å². The first kappa shape index (κ1) is 20.3. The molecule has 5 heteroatoms. The molecule has 2 fully saturated rings. The van der Waals surface area contributed by atoms with Crippen molar-refractivity contribution in [3.8, 4) is 16.9 Å². The third-order valence-electron chi connectivity index (χ3n) is 7.21. The van der Waals surface area contributed by atoms with E-state index in [1.165, 1.54) is 38.9 Å². The average Bonchev–Trinajstić information content (AvgIpc) is 3.17. The van der Waals surface area contributed by atoms with E-state index in [1.807, 2.05) is 36.5 Å². The number of hydrogen-bond donors (Lipinski definition) is 1. The van der Waals surface area contributed by atoms with E-state index in [9.17, 15) is 0 Å². The summed E-state index contributed by atoms with van der Waals surface area (Å²) in [5.41, 5.74) is 11.6. The monoisotopic (exact) mass is 438 g/mol. The molecule has 3 heterocycles. The molecular weight excluding hydrogens is 408 g/mol. The molecule has 1 aliphatic carbocycles. The van der Waals surface area contributed by atoms with Gasteiger partial charge in [0.1, 0.15) is 18.0 Å². The van der Waals surface area contributed by atoms with E-state index in [0.717, 1.165) is 45.1 Å². The number of nitrogen functional groups attached to an aromatic ring is 1. The Morgan fingerprint density at radius 1 is 1.00 bits per heavy atom. The maximum Gasteiger partial charge on any atom is 0.142 e. The zero-order valence-corrected chi connectivity index (χ0v) is 18.9. The van der Waals surface area contributed by atoms with Gasteiger partial charge in [-0.1, -0.05) is 42.5 Å². The molecule has 0 spiro atoms. The van der Waals surface area contributed by atoms with Crippen LogP contribution in [0.25, 0.3) is 22.2 Å². The van der Waals surface area contributed by atoms with Crippen LogP contribution in [-0.2, 0) is 6.61 Å². The van der Waals surface area contributed by atoms with E-state index in [2.05, 4.69) is 46.0 Å². The SMILES string of the molecule is Nc1ccnc2c1c(-c1cccc(OCc3ccccc3)c1)cn2C1CC(CN2CCC2)C1. The molecular formula is C28H30N4O. The summed E-state index contributed by atoms with van der Waals surface area (Å²) in [4.78, 5) is 7.32. The highest BCUT2D eigenvalue weighted by molar-refractivity contribution is 6.02. The van der Waals surface area contributed by atoms with E-state index >= 15 is 0 Å². The summed E-state index contributed by atoms with van der Waals surface area (Å²) in [5.74, 6) is 1.66. The molecule has 0 amide bonds. The molecule has 6 rings (SSSR count). The predicted molar refractivity (Wildman–Crippen MR) is 133 cm³/mol. The number of hydrogen-bond acceptors (Lipinski definition) is 4. The van der Waals surface area contributed by atoms with Crippen LogP contribution < -0.4 is 10.5 Å². The maximum absolute atomic E-state index is 6.47. The molecule has 0 atom stereocenters. The number of ether oxygens (including phenoxy) is 1. The zero-order chi connectivity index (χ0) is 22.2. The minimum Gasteiger partial charge on any atom is -0.489 e. The van der Waals surface area contributed by atoms with Crippen LogP contribution in [0.1, 0.15) is 30.9 Å². The van der Waals surface area contributed by atoms with Crippen LogP contribution in [0.3, 0.4) is 0 Å². The Labute approximate surface area is 194 Å². The molecule has 2 N–H and O–H groups in total. The lowest BCUT2D eigenvalue weighted by molar-refractivity contribution is 0.0921. The minimum atomic E-state index is 0.499. The number of nitrogens with two attached hydrogens (primary N) is 1. The Morgan fingerprint density at radius 2 is 1.85 bits per heavy atom. The number of anilines is 1. The lowest BCUT2D eigenvalue weighted by atomic mass is 9.79. The van der Waals surface area contributed by atoms with Crippen molar-refractivity contribution in [2.75, 3.05) is 25.4 Å². The number of nitrogens with zero attached hydrogens (tertiary/aromatic N) is 3. The predicted octanol–water partition coefficient (Wildman–Crippen LogP) is 5.52. The minimum absolute atomic E-state index is 0.499. The van der Waals surface area contributed by atoms with Gasteiger partial charge in [-0.3, -0.25) is 0 Å². The second kappa shape index (κ2) is 8.56. The molecule has 0 radical (unpaired) electrons. The summed E-state index contributed by atoms with van der Waals surface area (Å²) in [6.45, 7) is 4.35. The highest BCUT2D eigenvalue weighted by Gasteiger charge is 2.34. The zero-order valence-electron chi connectivity index (χ0n) is 18.9. The van der Waals surface area contributed by atoms with Gasteiger partial charge in [0.25, 0.3) is 0 Å². The smallest absolute Gasteiger partial charge is 0.142 e. The number of fused-ring (bicyclic) bond motifs is 1. The number of likely N-dealkylation sites (tertiary alicyclic amines) is 1. The van der Waals surface area contributed by atoms with Crippen molar-refractivity contribution in [2.45, 2.75) is 31.9 Å². The molecule has 4 aromatic rings. The molecule has 1 saturated heterocycles. The number of pyridine rings is 1. The van der Waals surface area contributed by atoms with Crippen LogP contribution in [0, 0.1) is 5.92 Å². The van der Waals surface area contributed by atoms with Crippen molar-refractivity contribution in [2.24, 2.45) is 5.92 Å². The second-order valence-electron chi connectivity index (χ2n) is 9.50. The fraction of sp³-hybridized carbons (Fsp3) is 0.321. The number of rotatable bonds is 7. The van der Waals surface area contributed by atoms with Gasteiger partial charge in [0.15, 0.2) is 0 Å². The van der Waals surface area contributed by atoms with Gasteiger partial charge in [-0.2, -0.15) is 0 Å². The summed E-state index contributed by atoms with van der Waals surface area (Å²) in [6, 6.07) is 21.0. The summed E-state index contributed by atoms with van der Waals surface area (Å²) in [5, 5.41) is 1.05. The maximum atomic E-state index is 6.47. The molecule has 5 nitrogen and oxygen atoms in total. The van der Waals surface area contributed by atoms with Gasteiger partial charge in [0.05, 0.1) is 0 Å². The third kappa shape index (κ3) is 3.98. The molecule has 168 valence electrons. The normalized spacial score (nSPS) is 20.4. The Bertz CT molecular complexity index is 1260. The summed E-state index contributed by atoms with van der Waals surface area (Å²) in [6.07, 6.45) is 7.88. The van der Waals surface area contributed by atoms with E-state index in [0.29, 0.717) is 12.6 Å². The van der Waals surface area contributed by atoms with Crippen LogP contribution in [0.5, 0.6) is 5.75 Å². The Morgan fingerprint density at radius 3 is 2.64 bits per heavy atom. The van der Waals surface area contributed by atoms with Gasteiger partial charge in [0, 0.05) is 41.6 Å². The van der Waals surface area contributed by atoms with Crippen molar-refractivity contribution in [1.82, 2.24) is 14.5 Å². The highest BCUT2D eigenvalue weighted by atomic mass is 16.5. The summed E-state index contributed by atoms with van der Waals surface area (Å²) < 4.78 is 8.46. The molecule has 2 aliphatic rings. The molecule has 0 unspecified atom stereocenters. The first-order valence-corrected chi connectivity index (χ1v) is 12.0. The van der Waals surface area contributed by atoms with Crippen LogP contribution in [0.2, 0.25) is 0 Å². The topological polar surface area (TPSA) is 56.3 Å². The van der Waals surface area contributed by atoms with Crippen molar-refractivity contribution in [3.05, 3.63) is 78.6 Å². The van der Waals surface area contributed by atoms with Gasteiger partial charge in [-0.05, 0) is 67.6 Å².